The van der Waals surface area contributed by atoms with Crippen LogP contribution in [0.3, 0.4) is 0 Å². The lowest BCUT2D eigenvalue weighted by molar-refractivity contribution is -0.141. The molecule has 0 bridgehead atoms. The number of rotatable bonds is 4. The van der Waals surface area contributed by atoms with E-state index in [9.17, 15) is 27.9 Å². The average Bonchev–Trinajstić information content (AvgIpc) is 3.23. The first-order chi connectivity index (χ1) is 20.0. The molecular formula is C30H31F3N6O3. The van der Waals surface area contributed by atoms with Crippen molar-refractivity contribution in [2.45, 2.75) is 56.7 Å². The number of nitrogens with zero attached hydrogens (tertiary/aromatic N) is 5. The van der Waals surface area contributed by atoms with E-state index in [1.54, 1.807) is 15.6 Å². The SMILES string of the molecule is C=CC(=O)N1CC(C)c2nn(-c3ccc(C4CCC4)cc3O)c3c2C(C1)N(C(=O)c1cnc(C(F)(F)F)cc1N)CC3. The number of pyridine rings is 1. The molecule has 1 aliphatic carbocycles. The van der Waals surface area contributed by atoms with Crippen LogP contribution in [0.4, 0.5) is 18.9 Å². The van der Waals surface area contributed by atoms with Crippen LogP contribution in [0.5, 0.6) is 5.75 Å². The number of phenolic OH excluding ortho intramolecular Hbond substituents is 1. The van der Waals surface area contributed by atoms with Crippen molar-refractivity contribution in [3.8, 4) is 11.4 Å². The second kappa shape index (κ2) is 10.2. The number of halogens is 3. The van der Waals surface area contributed by atoms with Gasteiger partial charge in [-0.3, -0.25) is 14.6 Å². The van der Waals surface area contributed by atoms with E-state index in [0.29, 0.717) is 36.3 Å². The zero-order valence-corrected chi connectivity index (χ0v) is 23.1. The van der Waals surface area contributed by atoms with Crippen LogP contribution in [0.15, 0.2) is 43.1 Å². The van der Waals surface area contributed by atoms with Gasteiger partial charge in [-0.15, -0.1) is 0 Å². The maximum atomic E-state index is 13.8. The van der Waals surface area contributed by atoms with E-state index in [1.165, 1.54) is 17.4 Å². The van der Waals surface area contributed by atoms with E-state index in [1.807, 2.05) is 19.1 Å². The Morgan fingerprint density at radius 2 is 1.95 bits per heavy atom. The van der Waals surface area contributed by atoms with Gasteiger partial charge in [-0.05, 0) is 48.6 Å². The maximum Gasteiger partial charge on any atom is 0.433 e. The Bertz CT molecular complexity index is 1600. The molecule has 0 spiro atoms. The highest BCUT2D eigenvalue weighted by Crippen LogP contribution is 2.43. The average molecular weight is 581 g/mol. The highest BCUT2D eigenvalue weighted by Gasteiger charge is 2.43. The van der Waals surface area contributed by atoms with Gasteiger partial charge in [0.05, 0.1) is 23.0 Å². The predicted octanol–water partition coefficient (Wildman–Crippen LogP) is 4.71. The second-order valence-electron chi connectivity index (χ2n) is 11.3. The molecule has 1 aromatic carbocycles. The normalized spacial score (nSPS) is 20.5. The number of hydrogen-bond acceptors (Lipinski definition) is 6. The number of amides is 2. The molecule has 9 nitrogen and oxygen atoms in total. The molecule has 2 aromatic heterocycles. The molecule has 3 aromatic rings. The zero-order valence-electron chi connectivity index (χ0n) is 23.1. The minimum Gasteiger partial charge on any atom is -0.506 e. The summed E-state index contributed by atoms with van der Waals surface area (Å²) in [7, 11) is 0. The summed E-state index contributed by atoms with van der Waals surface area (Å²) in [5.41, 5.74) is 8.15. The van der Waals surface area contributed by atoms with E-state index in [2.05, 4.69) is 11.6 Å². The van der Waals surface area contributed by atoms with Crippen LogP contribution in [0.2, 0.25) is 0 Å². The molecule has 3 N–H and O–H groups in total. The van der Waals surface area contributed by atoms with Crippen LogP contribution in [-0.4, -0.2) is 61.1 Å². The number of hydrogen-bond donors (Lipinski definition) is 2. The molecule has 0 saturated heterocycles. The zero-order chi connectivity index (χ0) is 29.9. The smallest absolute Gasteiger partial charge is 0.433 e. The molecule has 6 rings (SSSR count). The van der Waals surface area contributed by atoms with Crippen molar-refractivity contribution < 1.29 is 27.9 Å². The van der Waals surface area contributed by atoms with Crippen LogP contribution in [-0.2, 0) is 17.4 Å². The van der Waals surface area contributed by atoms with Gasteiger partial charge < -0.3 is 20.6 Å². The van der Waals surface area contributed by atoms with E-state index >= 15 is 0 Å². The Morgan fingerprint density at radius 3 is 2.57 bits per heavy atom. The van der Waals surface area contributed by atoms with Crippen molar-refractivity contribution in [2.24, 2.45) is 0 Å². The Morgan fingerprint density at radius 1 is 1.19 bits per heavy atom. The minimum absolute atomic E-state index is 0.114. The topological polar surface area (TPSA) is 118 Å². The number of alkyl halides is 3. The third kappa shape index (κ3) is 4.58. The third-order valence-electron chi connectivity index (χ3n) is 8.71. The molecule has 12 heteroatoms. The molecule has 2 atom stereocenters. The lowest BCUT2D eigenvalue weighted by Crippen LogP contribution is -2.46. The fraction of sp³-hybridized carbons (Fsp3) is 0.400. The van der Waals surface area contributed by atoms with Crippen LogP contribution in [0.25, 0.3) is 5.69 Å². The standard InChI is InChI=1S/C30H31F3N6O3/c1-3-26(41)37-14-16(2)28-27-22(39(36-28)21-8-7-18(11-24(21)40)17-5-4-6-17)9-10-38(23(27)15-37)29(42)19-13-35-25(12-20(19)34)30(31,32)33/h3,7-8,11-13,16-17,23,40H,1,4-6,9-10,14-15H2,2H3,(H2,34,35). The van der Waals surface area contributed by atoms with Gasteiger partial charge in [-0.2, -0.15) is 18.3 Å². The van der Waals surface area contributed by atoms with E-state index in [0.717, 1.165) is 35.9 Å². The fourth-order valence-electron chi connectivity index (χ4n) is 6.31. The largest absolute Gasteiger partial charge is 0.506 e. The van der Waals surface area contributed by atoms with Gasteiger partial charge in [-0.1, -0.05) is 26.0 Å². The van der Waals surface area contributed by atoms with Crippen molar-refractivity contribution in [1.82, 2.24) is 24.6 Å². The third-order valence-corrected chi connectivity index (χ3v) is 8.71. The molecule has 1 fully saturated rings. The number of phenols is 1. The number of carbonyl (C=O) groups excluding carboxylic acids is 2. The predicted molar refractivity (Wildman–Crippen MR) is 148 cm³/mol. The first-order valence-corrected chi connectivity index (χ1v) is 14.0. The van der Waals surface area contributed by atoms with Crippen LogP contribution >= 0.6 is 0 Å². The highest BCUT2D eigenvalue weighted by atomic mass is 19.4. The first kappa shape index (κ1) is 27.8. The van der Waals surface area contributed by atoms with Crippen LogP contribution in [0.1, 0.15) is 82.6 Å². The molecule has 3 aliphatic rings. The van der Waals surface area contributed by atoms with Crippen molar-refractivity contribution in [3.05, 3.63) is 76.9 Å². The van der Waals surface area contributed by atoms with Crippen LogP contribution < -0.4 is 5.73 Å². The lowest BCUT2D eigenvalue weighted by atomic mass is 9.80. The van der Waals surface area contributed by atoms with Gasteiger partial charge in [0.2, 0.25) is 5.91 Å². The summed E-state index contributed by atoms with van der Waals surface area (Å²) < 4.78 is 41.3. The number of aromatic nitrogens is 3. The van der Waals surface area contributed by atoms with Crippen molar-refractivity contribution in [3.63, 3.8) is 0 Å². The van der Waals surface area contributed by atoms with Gasteiger partial charge >= 0.3 is 6.18 Å². The Labute approximate surface area is 240 Å². The molecule has 0 radical (unpaired) electrons. The van der Waals surface area contributed by atoms with E-state index in [-0.39, 0.29) is 41.9 Å². The number of nitrogen functional groups attached to an aromatic ring is 1. The Hall–Kier alpha value is -4.35. The summed E-state index contributed by atoms with van der Waals surface area (Å²) in [6, 6.07) is 5.68. The molecule has 42 heavy (non-hydrogen) atoms. The molecule has 2 aliphatic heterocycles. The Balaban J connectivity index is 1.43. The molecule has 4 heterocycles. The summed E-state index contributed by atoms with van der Waals surface area (Å²) in [6.07, 6.45) is 1.11. The van der Waals surface area contributed by atoms with E-state index < -0.39 is 23.8 Å². The van der Waals surface area contributed by atoms with Gasteiger partial charge in [0, 0.05) is 49.4 Å². The first-order valence-electron chi connectivity index (χ1n) is 14.0. The Kier molecular flexibility index (Phi) is 6.74. The van der Waals surface area contributed by atoms with Crippen molar-refractivity contribution in [2.75, 3.05) is 25.4 Å². The summed E-state index contributed by atoms with van der Waals surface area (Å²) in [6.45, 7) is 6.19. The van der Waals surface area contributed by atoms with Crippen molar-refractivity contribution in [1.29, 1.82) is 0 Å². The summed E-state index contributed by atoms with van der Waals surface area (Å²) in [4.78, 5) is 33.2. The maximum absolute atomic E-state index is 13.8. The fourth-order valence-corrected chi connectivity index (χ4v) is 6.31. The second-order valence-corrected chi connectivity index (χ2v) is 11.3. The molecule has 2 amide bonds. The van der Waals surface area contributed by atoms with Crippen molar-refractivity contribution >= 4 is 17.5 Å². The summed E-state index contributed by atoms with van der Waals surface area (Å²) >= 11 is 0. The number of anilines is 1. The minimum atomic E-state index is -4.70. The number of aromatic hydroxyl groups is 1. The lowest BCUT2D eigenvalue weighted by Gasteiger charge is -2.38. The summed E-state index contributed by atoms with van der Waals surface area (Å²) in [5.74, 6) is -0.543. The number of benzene rings is 1. The molecular weight excluding hydrogens is 549 g/mol. The van der Waals surface area contributed by atoms with Gasteiger partial charge in [0.1, 0.15) is 17.1 Å². The number of nitrogens with two attached hydrogens (primary N) is 1. The molecule has 220 valence electrons. The summed E-state index contributed by atoms with van der Waals surface area (Å²) in [5, 5.41) is 16.0. The molecule has 1 saturated carbocycles. The van der Waals surface area contributed by atoms with Gasteiger partial charge in [0.15, 0.2) is 0 Å². The van der Waals surface area contributed by atoms with Crippen LogP contribution in [0, 0.1) is 0 Å². The number of carbonyl (C=O) groups is 2. The van der Waals surface area contributed by atoms with Gasteiger partial charge in [-0.25, -0.2) is 4.68 Å². The van der Waals surface area contributed by atoms with E-state index in [4.69, 9.17) is 10.8 Å². The highest BCUT2D eigenvalue weighted by molar-refractivity contribution is 5.99. The monoisotopic (exact) mass is 580 g/mol. The molecule has 2 unspecified atom stereocenters. The van der Waals surface area contributed by atoms with Gasteiger partial charge in [0.25, 0.3) is 5.91 Å². The quantitative estimate of drug-likeness (QED) is 0.432.